The number of hydrogen-bond acceptors (Lipinski definition) is 2. The minimum absolute atomic E-state index is 0.321. The number of aliphatic carboxylic acids is 1. The van der Waals surface area contributed by atoms with Gasteiger partial charge in [0, 0.05) is 25.6 Å². The molecule has 1 aromatic carbocycles. The van der Waals surface area contributed by atoms with Crippen LogP contribution in [0.5, 0.6) is 0 Å². The van der Waals surface area contributed by atoms with Crippen LogP contribution < -0.4 is 0 Å². The third-order valence-electron chi connectivity index (χ3n) is 8.80. The molecule has 0 radical (unpaired) electrons. The van der Waals surface area contributed by atoms with Gasteiger partial charge in [-0.15, -0.1) is 0 Å². The van der Waals surface area contributed by atoms with E-state index in [4.69, 9.17) is 0 Å². The fourth-order valence-corrected chi connectivity index (χ4v) is 7.03. The highest BCUT2D eigenvalue weighted by atomic mass is 16.4. The molecule has 0 spiro atoms. The summed E-state index contributed by atoms with van der Waals surface area (Å²) in [6.45, 7) is 4.70. The summed E-state index contributed by atoms with van der Waals surface area (Å²) >= 11 is 0. The maximum absolute atomic E-state index is 11.5. The summed E-state index contributed by atoms with van der Waals surface area (Å²) in [6.07, 6.45) is 17.7. The van der Waals surface area contributed by atoms with Crippen LogP contribution in [-0.2, 0) is 4.79 Å². The molecular formula is C29H45NO2. The van der Waals surface area contributed by atoms with Crippen molar-refractivity contribution in [2.45, 2.75) is 109 Å². The predicted molar refractivity (Wildman–Crippen MR) is 132 cm³/mol. The largest absolute Gasteiger partial charge is 0.481 e. The highest BCUT2D eigenvalue weighted by molar-refractivity contribution is 5.67. The van der Waals surface area contributed by atoms with E-state index < -0.39 is 5.97 Å². The van der Waals surface area contributed by atoms with Crippen LogP contribution in [0.2, 0.25) is 0 Å². The Balaban J connectivity index is 1.55. The second-order valence-electron chi connectivity index (χ2n) is 11.3. The average Bonchev–Trinajstić information content (AvgIpc) is 2.80. The van der Waals surface area contributed by atoms with Gasteiger partial charge in [-0.2, -0.15) is 0 Å². The SMILES string of the molecule is Cc1ccc(C2CC(CC(=O)O)CCC2N(CC2CCCCC2)CC2CCCCC2)cc1. The van der Waals surface area contributed by atoms with Crippen LogP contribution in [0.3, 0.4) is 0 Å². The van der Waals surface area contributed by atoms with Crippen LogP contribution in [0.25, 0.3) is 0 Å². The lowest BCUT2D eigenvalue weighted by Gasteiger charge is -2.46. The summed E-state index contributed by atoms with van der Waals surface area (Å²) in [5.41, 5.74) is 2.75. The van der Waals surface area contributed by atoms with Gasteiger partial charge in [-0.25, -0.2) is 0 Å². The molecule has 178 valence electrons. The molecule has 1 aromatic rings. The lowest BCUT2D eigenvalue weighted by atomic mass is 9.72. The number of carbonyl (C=O) groups is 1. The molecule has 0 amide bonds. The lowest BCUT2D eigenvalue weighted by Crippen LogP contribution is -2.47. The van der Waals surface area contributed by atoms with Crippen molar-refractivity contribution in [1.82, 2.24) is 4.90 Å². The van der Waals surface area contributed by atoms with E-state index in [-0.39, 0.29) is 0 Å². The van der Waals surface area contributed by atoms with Crippen LogP contribution in [-0.4, -0.2) is 35.1 Å². The maximum Gasteiger partial charge on any atom is 0.303 e. The van der Waals surface area contributed by atoms with Crippen molar-refractivity contribution >= 4 is 5.97 Å². The standard InChI is InChI=1S/C29H45NO2/c1-22-12-15-26(16-13-22)27-18-25(19-29(31)32)14-17-28(27)30(20-23-8-4-2-5-9-23)21-24-10-6-3-7-11-24/h12-13,15-16,23-25,27-28H,2-11,14,17-21H2,1H3,(H,31,32). The van der Waals surface area contributed by atoms with E-state index in [1.54, 1.807) is 0 Å². The molecule has 3 nitrogen and oxygen atoms in total. The van der Waals surface area contributed by atoms with Gasteiger partial charge in [0.05, 0.1) is 0 Å². The summed E-state index contributed by atoms with van der Waals surface area (Å²) in [4.78, 5) is 14.4. The van der Waals surface area contributed by atoms with Crippen molar-refractivity contribution in [2.24, 2.45) is 17.8 Å². The molecule has 1 N–H and O–H groups in total. The number of rotatable bonds is 8. The molecule has 0 aliphatic heterocycles. The molecule has 0 bridgehead atoms. The summed E-state index contributed by atoms with van der Waals surface area (Å²) in [5.74, 6) is 1.89. The second kappa shape index (κ2) is 11.7. The second-order valence-corrected chi connectivity index (χ2v) is 11.3. The minimum atomic E-state index is -0.627. The number of benzene rings is 1. The molecule has 3 atom stereocenters. The zero-order valence-electron chi connectivity index (χ0n) is 20.3. The first kappa shape index (κ1) is 23.8. The summed E-state index contributed by atoms with van der Waals surface area (Å²) < 4.78 is 0. The van der Waals surface area contributed by atoms with Gasteiger partial charge in [-0.1, -0.05) is 68.4 Å². The Morgan fingerprint density at radius 2 is 1.38 bits per heavy atom. The van der Waals surface area contributed by atoms with Crippen molar-refractivity contribution in [2.75, 3.05) is 13.1 Å². The van der Waals surface area contributed by atoms with E-state index in [0.29, 0.717) is 24.3 Å². The number of aryl methyl sites for hydroxylation is 1. The van der Waals surface area contributed by atoms with Crippen molar-refractivity contribution < 1.29 is 9.90 Å². The first-order valence-electron chi connectivity index (χ1n) is 13.6. The van der Waals surface area contributed by atoms with E-state index >= 15 is 0 Å². The molecule has 32 heavy (non-hydrogen) atoms. The van der Waals surface area contributed by atoms with E-state index in [0.717, 1.165) is 31.1 Å². The van der Waals surface area contributed by atoms with Crippen molar-refractivity contribution in [3.05, 3.63) is 35.4 Å². The number of carboxylic acid groups (broad SMARTS) is 1. The smallest absolute Gasteiger partial charge is 0.303 e. The monoisotopic (exact) mass is 439 g/mol. The minimum Gasteiger partial charge on any atom is -0.481 e. The zero-order chi connectivity index (χ0) is 22.3. The Hall–Kier alpha value is -1.35. The van der Waals surface area contributed by atoms with Gasteiger partial charge in [0.15, 0.2) is 0 Å². The highest BCUT2D eigenvalue weighted by Crippen LogP contribution is 2.42. The third kappa shape index (κ3) is 6.59. The van der Waals surface area contributed by atoms with E-state index in [9.17, 15) is 9.90 Å². The zero-order valence-corrected chi connectivity index (χ0v) is 20.3. The summed E-state index contributed by atoms with van der Waals surface area (Å²) in [5, 5.41) is 9.46. The quantitative estimate of drug-likeness (QED) is 0.466. The topological polar surface area (TPSA) is 40.5 Å². The fraction of sp³-hybridized carbons (Fsp3) is 0.759. The lowest BCUT2D eigenvalue weighted by molar-refractivity contribution is -0.138. The van der Waals surface area contributed by atoms with E-state index in [1.165, 1.54) is 88.4 Å². The molecule has 3 aliphatic carbocycles. The Morgan fingerprint density at radius 1 is 0.812 bits per heavy atom. The number of hydrogen-bond donors (Lipinski definition) is 1. The fourth-order valence-electron chi connectivity index (χ4n) is 7.03. The Labute approximate surface area is 196 Å². The molecule has 0 aromatic heterocycles. The molecule has 0 saturated heterocycles. The molecule has 3 unspecified atom stereocenters. The van der Waals surface area contributed by atoms with Crippen LogP contribution >= 0.6 is 0 Å². The van der Waals surface area contributed by atoms with Gasteiger partial charge in [0.1, 0.15) is 0 Å². The summed E-state index contributed by atoms with van der Waals surface area (Å²) in [6, 6.07) is 9.73. The van der Waals surface area contributed by atoms with Crippen LogP contribution in [0, 0.1) is 24.7 Å². The maximum atomic E-state index is 11.5. The van der Waals surface area contributed by atoms with Crippen LogP contribution in [0.1, 0.15) is 107 Å². The van der Waals surface area contributed by atoms with E-state index in [1.807, 2.05) is 0 Å². The molecule has 0 heterocycles. The van der Waals surface area contributed by atoms with Gasteiger partial charge in [0.2, 0.25) is 0 Å². The van der Waals surface area contributed by atoms with Gasteiger partial charge >= 0.3 is 5.97 Å². The first-order valence-corrected chi connectivity index (χ1v) is 13.6. The molecule has 3 aliphatic rings. The first-order chi connectivity index (χ1) is 15.6. The molecule has 3 heteroatoms. The average molecular weight is 440 g/mol. The predicted octanol–water partition coefficient (Wildman–Crippen LogP) is 7.18. The summed E-state index contributed by atoms with van der Waals surface area (Å²) in [7, 11) is 0. The normalized spacial score (nSPS) is 28.1. The van der Waals surface area contributed by atoms with Gasteiger partial charge in [-0.05, 0) is 81.1 Å². The van der Waals surface area contributed by atoms with Crippen LogP contribution in [0.15, 0.2) is 24.3 Å². The van der Waals surface area contributed by atoms with E-state index in [2.05, 4.69) is 36.1 Å². The van der Waals surface area contributed by atoms with Crippen molar-refractivity contribution in [3.63, 3.8) is 0 Å². The van der Waals surface area contributed by atoms with Gasteiger partial charge in [-0.3, -0.25) is 9.69 Å². The van der Waals surface area contributed by atoms with Gasteiger partial charge in [0.25, 0.3) is 0 Å². The number of carboxylic acids is 1. The number of nitrogens with zero attached hydrogens (tertiary/aromatic N) is 1. The molecular weight excluding hydrogens is 394 g/mol. The van der Waals surface area contributed by atoms with Crippen molar-refractivity contribution in [3.8, 4) is 0 Å². The Bertz CT molecular complexity index is 682. The van der Waals surface area contributed by atoms with Gasteiger partial charge < -0.3 is 5.11 Å². The highest BCUT2D eigenvalue weighted by Gasteiger charge is 2.37. The molecule has 3 saturated carbocycles. The molecule has 4 rings (SSSR count). The third-order valence-corrected chi connectivity index (χ3v) is 8.80. The van der Waals surface area contributed by atoms with Crippen LogP contribution in [0.4, 0.5) is 0 Å². The molecule has 3 fully saturated rings. The Kier molecular flexibility index (Phi) is 8.68. The Morgan fingerprint density at radius 3 is 1.91 bits per heavy atom. The van der Waals surface area contributed by atoms with Crippen molar-refractivity contribution in [1.29, 1.82) is 0 Å².